The van der Waals surface area contributed by atoms with E-state index in [2.05, 4.69) is 24.4 Å². The third kappa shape index (κ3) is 2.85. The zero-order chi connectivity index (χ0) is 10.7. The van der Waals surface area contributed by atoms with Gasteiger partial charge in [0, 0.05) is 6.42 Å². The Morgan fingerprint density at radius 3 is 2.80 bits per heavy atom. The van der Waals surface area contributed by atoms with Gasteiger partial charge in [0.05, 0.1) is 6.04 Å². The van der Waals surface area contributed by atoms with Gasteiger partial charge >= 0.3 is 0 Å². The molecule has 1 aliphatic carbocycles. The quantitative estimate of drug-likeness (QED) is 0.774. The Kier molecular flexibility index (Phi) is 3.47. The Morgan fingerprint density at radius 2 is 2.27 bits per heavy atom. The lowest BCUT2D eigenvalue weighted by Crippen LogP contribution is -2.15. The molecule has 1 N–H and O–H groups in total. The van der Waals surface area contributed by atoms with E-state index in [4.69, 9.17) is 4.42 Å². The Balaban J connectivity index is 1.91. The normalized spacial score (nSPS) is 18.0. The number of rotatable bonds is 6. The summed E-state index contributed by atoms with van der Waals surface area (Å²) in [7, 11) is 2.02. The molecule has 2 rings (SSSR count). The van der Waals surface area contributed by atoms with Crippen molar-refractivity contribution in [2.24, 2.45) is 5.92 Å². The predicted molar refractivity (Wildman–Crippen MR) is 61.8 cm³/mol. The van der Waals surface area contributed by atoms with Crippen molar-refractivity contribution in [2.75, 3.05) is 7.05 Å². The Labute approximate surface area is 92.1 Å². The van der Waals surface area contributed by atoms with Crippen molar-refractivity contribution in [2.45, 2.75) is 45.1 Å². The lowest BCUT2D eigenvalue weighted by atomic mass is 10.1. The van der Waals surface area contributed by atoms with E-state index >= 15 is 0 Å². The summed E-state index contributed by atoms with van der Waals surface area (Å²) in [5.41, 5.74) is 0. The van der Waals surface area contributed by atoms with Gasteiger partial charge in [-0.2, -0.15) is 0 Å². The second-order valence-corrected chi connectivity index (χ2v) is 4.52. The molecule has 0 aromatic carbocycles. The van der Waals surface area contributed by atoms with Crippen molar-refractivity contribution in [3.05, 3.63) is 23.7 Å². The monoisotopic (exact) mass is 207 g/mol. The molecule has 2 heteroatoms. The lowest BCUT2D eigenvalue weighted by molar-refractivity contribution is 0.385. The highest BCUT2D eigenvalue weighted by Gasteiger charge is 2.23. The van der Waals surface area contributed by atoms with E-state index in [1.54, 1.807) is 0 Å². The van der Waals surface area contributed by atoms with E-state index in [9.17, 15) is 0 Å². The Hall–Kier alpha value is -0.760. The maximum Gasteiger partial charge on any atom is 0.121 e. The maximum absolute atomic E-state index is 5.78. The molecule has 0 radical (unpaired) electrons. The molecule has 1 aromatic rings. The first-order valence-corrected chi connectivity index (χ1v) is 6.09. The molecule has 1 aromatic heterocycles. The first kappa shape index (κ1) is 10.7. The minimum absolute atomic E-state index is 0.408. The van der Waals surface area contributed by atoms with E-state index in [0.717, 1.165) is 23.9 Å². The fraction of sp³-hybridized carbons (Fsp3) is 0.692. The molecule has 1 unspecified atom stereocenters. The molecule has 15 heavy (non-hydrogen) atoms. The summed E-state index contributed by atoms with van der Waals surface area (Å²) in [6.45, 7) is 2.13. The number of aryl methyl sites for hydroxylation is 1. The topological polar surface area (TPSA) is 25.2 Å². The van der Waals surface area contributed by atoms with Crippen molar-refractivity contribution >= 4 is 0 Å². The first-order chi connectivity index (χ1) is 7.33. The molecule has 0 saturated heterocycles. The van der Waals surface area contributed by atoms with Crippen LogP contribution in [-0.4, -0.2) is 7.05 Å². The average Bonchev–Trinajstić information content (AvgIpc) is 2.96. The van der Waals surface area contributed by atoms with Gasteiger partial charge in [0.2, 0.25) is 0 Å². The third-order valence-electron chi connectivity index (χ3n) is 3.28. The van der Waals surface area contributed by atoms with Gasteiger partial charge in [0.25, 0.3) is 0 Å². The van der Waals surface area contributed by atoms with Crippen LogP contribution in [0.5, 0.6) is 0 Å². The van der Waals surface area contributed by atoms with Crippen LogP contribution in [0.1, 0.15) is 50.2 Å². The molecule has 2 nitrogen and oxygen atoms in total. The molecule has 84 valence electrons. The second-order valence-electron chi connectivity index (χ2n) is 4.52. The summed E-state index contributed by atoms with van der Waals surface area (Å²) in [6.07, 6.45) is 6.41. The molecule has 0 spiro atoms. The van der Waals surface area contributed by atoms with E-state index in [0.29, 0.717) is 6.04 Å². The first-order valence-electron chi connectivity index (χ1n) is 6.09. The maximum atomic E-state index is 5.78. The van der Waals surface area contributed by atoms with Crippen LogP contribution in [0.2, 0.25) is 0 Å². The fourth-order valence-corrected chi connectivity index (χ4v) is 2.01. The van der Waals surface area contributed by atoms with E-state index in [-0.39, 0.29) is 0 Å². The molecule has 0 amide bonds. The highest BCUT2D eigenvalue weighted by atomic mass is 16.3. The number of hydrogen-bond acceptors (Lipinski definition) is 2. The van der Waals surface area contributed by atoms with Gasteiger partial charge in [-0.25, -0.2) is 0 Å². The van der Waals surface area contributed by atoms with Crippen LogP contribution in [-0.2, 0) is 6.42 Å². The molecule has 1 atom stereocenters. The molecular weight excluding hydrogens is 186 g/mol. The fourth-order valence-electron chi connectivity index (χ4n) is 2.01. The van der Waals surface area contributed by atoms with E-state index in [1.807, 2.05) is 7.05 Å². The van der Waals surface area contributed by atoms with Crippen LogP contribution >= 0.6 is 0 Å². The lowest BCUT2D eigenvalue weighted by Gasteiger charge is -2.12. The van der Waals surface area contributed by atoms with E-state index in [1.165, 1.54) is 25.7 Å². The molecule has 1 saturated carbocycles. The highest BCUT2D eigenvalue weighted by molar-refractivity contribution is 5.10. The average molecular weight is 207 g/mol. The summed E-state index contributed by atoms with van der Waals surface area (Å²) in [5.74, 6) is 3.20. The zero-order valence-electron chi connectivity index (χ0n) is 9.75. The van der Waals surface area contributed by atoms with E-state index < -0.39 is 0 Å². The van der Waals surface area contributed by atoms with Crippen LogP contribution in [0.3, 0.4) is 0 Å². The summed E-state index contributed by atoms with van der Waals surface area (Å²) in [6, 6.07) is 4.62. The van der Waals surface area contributed by atoms with Crippen LogP contribution in [0, 0.1) is 5.92 Å². The van der Waals surface area contributed by atoms with Gasteiger partial charge in [-0.05, 0) is 37.9 Å². The van der Waals surface area contributed by atoms with Crippen molar-refractivity contribution in [1.29, 1.82) is 0 Å². The SMILES string of the molecule is CCc1ccc(C(CCC2CC2)NC)o1. The second kappa shape index (κ2) is 4.84. The van der Waals surface area contributed by atoms with Crippen molar-refractivity contribution < 1.29 is 4.42 Å². The molecular formula is C13H21NO. The third-order valence-corrected chi connectivity index (χ3v) is 3.28. The Bertz CT molecular complexity index is 301. The van der Waals surface area contributed by atoms with Gasteiger partial charge in [-0.3, -0.25) is 0 Å². The number of furan rings is 1. The van der Waals surface area contributed by atoms with Crippen molar-refractivity contribution in [3.63, 3.8) is 0 Å². The zero-order valence-corrected chi connectivity index (χ0v) is 9.75. The number of hydrogen-bond donors (Lipinski definition) is 1. The smallest absolute Gasteiger partial charge is 0.121 e. The minimum Gasteiger partial charge on any atom is -0.464 e. The van der Waals surface area contributed by atoms with Crippen molar-refractivity contribution in [1.82, 2.24) is 5.32 Å². The van der Waals surface area contributed by atoms with Crippen LogP contribution in [0.25, 0.3) is 0 Å². The molecule has 1 fully saturated rings. The van der Waals surface area contributed by atoms with Gasteiger partial charge < -0.3 is 9.73 Å². The van der Waals surface area contributed by atoms with Gasteiger partial charge in [0.1, 0.15) is 11.5 Å². The van der Waals surface area contributed by atoms with Gasteiger partial charge in [-0.1, -0.05) is 19.8 Å². The minimum atomic E-state index is 0.408. The highest BCUT2D eigenvalue weighted by Crippen LogP contribution is 2.36. The van der Waals surface area contributed by atoms with Crippen molar-refractivity contribution in [3.8, 4) is 0 Å². The molecule has 1 aliphatic rings. The van der Waals surface area contributed by atoms with Gasteiger partial charge in [-0.15, -0.1) is 0 Å². The number of nitrogens with one attached hydrogen (secondary N) is 1. The van der Waals surface area contributed by atoms with Gasteiger partial charge in [0.15, 0.2) is 0 Å². The molecule has 0 bridgehead atoms. The molecule has 0 aliphatic heterocycles. The summed E-state index contributed by atoms with van der Waals surface area (Å²) < 4.78 is 5.78. The molecule has 1 heterocycles. The van der Waals surface area contributed by atoms with Crippen LogP contribution in [0.15, 0.2) is 16.5 Å². The van der Waals surface area contributed by atoms with Crippen LogP contribution in [0.4, 0.5) is 0 Å². The Morgan fingerprint density at radius 1 is 1.47 bits per heavy atom. The largest absolute Gasteiger partial charge is 0.464 e. The van der Waals surface area contributed by atoms with Crippen LogP contribution < -0.4 is 5.32 Å². The summed E-state index contributed by atoms with van der Waals surface area (Å²) in [4.78, 5) is 0. The summed E-state index contributed by atoms with van der Waals surface area (Å²) in [5, 5.41) is 3.35. The standard InChI is InChI=1S/C13H21NO/c1-3-11-7-9-13(15-11)12(14-2)8-6-10-4-5-10/h7,9-10,12,14H,3-6,8H2,1-2H3. The predicted octanol–water partition coefficient (Wildman–Crippen LogP) is 3.29. The summed E-state index contributed by atoms with van der Waals surface area (Å²) >= 11 is 0.